The van der Waals surface area contributed by atoms with Crippen LogP contribution >= 0.6 is 11.8 Å². The van der Waals surface area contributed by atoms with E-state index in [0.717, 1.165) is 21.7 Å². The molecule has 0 aliphatic carbocycles. The molecule has 4 aromatic rings. The van der Waals surface area contributed by atoms with Crippen molar-refractivity contribution in [3.05, 3.63) is 125 Å². The van der Waals surface area contributed by atoms with Gasteiger partial charge in [-0.25, -0.2) is 0 Å². The molecule has 0 aromatic heterocycles. The average Bonchev–Trinajstić information content (AvgIpc) is 2.98. The van der Waals surface area contributed by atoms with E-state index in [-0.39, 0.29) is 17.4 Å². The first kappa shape index (κ1) is 29.2. The molecular formula is C33H31N3O4S. The second kappa shape index (κ2) is 14.0. The third kappa shape index (κ3) is 8.58. The van der Waals surface area contributed by atoms with E-state index in [2.05, 4.69) is 16.0 Å². The number of carbonyl (C=O) groups excluding carboxylic acids is 3. The minimum atomic E-state index is -0.486. The average molecular weight is 566 g/mol. The number of hydrogen-bond donors (Lipinski definition) is 3. The summed E-state index contributed by atoms with van der Waals surface area (Å²) in [6.45, 7) is 4.03. The number of amides is 3. The maximum Gasteiger partial charge on any atom is 0.272 e. The lowest BCUT2D eigenvalue weighted by Gasteiger charge is -2.12. The molecule has 3 amide bonds. The molecule has 0 radical (unpaired) electrons. The molecular weight excluding hydrogens is 534 g/mol. The summed E-state index contributed by atoms with van der Waals surface area (Å²) in [6.07, 6.45) is 1.60. The summed E-state index contributed by atoms with van der Waals surface area (Å²) in [7, 11) is 1.58. The number of ether oxygens (including phenoxy) is 1. The molecule has 4 aromatic carbocycles. The second-order valence-corrected chi connectivity index (χ2v) is 10.3. The van der Waals surface area contributed by atoms with Crippen LogP contribution in [-0.2, 0) is 9.59 Å². The smallest absolute Gasteiger partial charge is 0.272 e. The normalized spacial score (nSPS) is 11.0. The quantitative estimate of drug-likeness (QED) is 0.152. The van der Waals surface area contributed by atoms with Gasteiger partial charge < -0.3 is 20.7 Å². The van der Waals surface area contributed by atoms with Gasteiger partial charge in [-0.05, 0) is 91.2 Å². The van der Waals surface area contributed by atoms with Gasteiger partial charge in [0.2, 0.25) is 5.91 Å². The van der Waals surface area contributed by atoms with Crippen LogP contribution in [0.4, 0.5) is 11.4 Å². The molecule has 0 unspecified atom stereocenters. The van der Waals surface area contributed by atoms with Crippen molar-refractivity contribution in [3.8, 4) is 5.75 Å². The lowest BCUT2D eigenvalue weighted by Crippen LogP contribution is -2.30. The first-order chi connectivity index (χ1) is 19.8. The molecule has 0 saturated carbocycles. The summed E-state index contributed by atoms with van der Waals surface area (Å²) in [6, 6.07) is 28.8. The zero-order valence-corrected chi connectivity index (χ0v) is 23.9. The van der Waals surface area contributed by atoms with Gasteiger partial charge in [0.25, 0.3) is 11.8 Å². The molecule has 41 heavy (non-hydrogen) atoms. The van der Waals surface area contributed by atoms with Crippen LogP contribution in [0.25, 0.3) is 6.08 Å². The molecule has 3 N–H and O–H groups in total. The molecule has 0 heterocycles. The Morgan fingerprint density at radius 3 is 2.22 bits per heavy atom. The van der Waals surface area contributed by atoms with E-state index in [9.17, 15) is 14.4 Å². The lowest BCUT2D eigenvalue weighted by molar-refractivity contribution is -0.114. The predicted molar refractivity (Wildman–Crippen MR) is 165 cm³/mol. The number of aryl methyl sites for hydroxylation is 2. The Bertz CT molecular complexity index is 1570. The highest BCUT2D eigenvalue weighted by Gasteiger charge is 2.15. The van der Waals surface area contributed by atoms with Crippen LogP contribution < -0.4 is 20.7 Å². The summed E-state index contributed by atoms with van der Waals surface area (Å²) >= 11 is 1.36. The maximum atomic E-state index is 13.3. The summed E-state index contributed by atoms with van der Waals surface area (Å²) in [5.74, 6) is -0.126. The van der Waals surface area contributed by atoms with Crippen LogP contribution in [0.15, 0.2) is 108 Å². The first-order valence-corrected chi connectivity index (χ1v) is 13.9. The fraction of sp³-hybridized carbons (Fsp3) is 0.121. The monoisotopic (exact) mass is 565 g/mol. The van der Waals surface area contributed by atoms with Crippen molar-refractivity contribution in [1.29, 1.82) is 0 Å². The summed E-state index contributed by atoms with van der Waals surface area (Å²) in [5.41, 5.74) is 4.78. The molecule has 0 bridgehead atoms. The molecule has 0 atom stereocenters. The number of thioether (sulfide) groups is 1. The van der Waals surface area contributed by atoms with E-state index in [1.165, 1.54) is 11.8 Å². The molecule has 0 fully saturated rings. The van der Waals surface area contributed by atoms with E-state index in [4.69, 9.17) is 4.74 Å². The standard InChI is InChI=1S/C33H31N3O4S/c1-22-12-15-27(18-23(22)2)34-31(37)21-41-29-11-7-10-26(20-29)35-33(39)30(19-24-13-16-28(40-3)17-14-24)36-32(38)25-8-5-4-6-9-25/h4-20H,21H2,1-3H3,(H,34,37)(H,35,39)(H,36,38)/b30-19+. The van der Waals surface area contributed by atoms with Gasteiger partial charge in [0, 0.05) is 21.8 Å². The zero-order valence-electron chi connectivity index (χ0n) is 23.1. The van der Waals surface area contributed by atoms with Gasteiger partial charge in [0.15, 0.2) is 0 Å². The Balaban J connectivity index is 1.45. The Hall–Kier alpha value is -4.82. The van der Waals surface area contributed by atoms with Crippen LogP contribution in [0.1, 0.15) is 27.0 Å². The van der Waals surface area contributed by atoms with Crippen molar-refractivity contribution in [2.45, 2.75) is 18.7 Å². The third-order valence-corrected chi connectivity index (χ3v) is 7.20. The Labute approximate surface area is 244 Å². The number of methoxy groups -OCH3 is 1. The number of benzene rings is 4. The highest BCUT2D eigenvalue weighted by molar-refractivity contribution is 8.00. The maximum absolute atomic E-state index is 13.3. The van der Waals surface area contributed by atoms with Crippen LogP contribution in [0.3, 0.4) is 0 Å². The minimum absolute atomic E-state index is 0.0786. The molecule has 0 saturated heterocycles. The number of anilines is 2. The SMILES string of the molecule is COc1ccc(/C=C(/NC(=O)c2ccccc2)C(=O)Nc2cccc(SCC(=O)Nc3ccc(C)c(C)c3)c2)cc1. The third-order valence-electron chi connectivity index (χ3n) is 6.21. The van der Waals surface area contributed by atoms with Crippen LogP contribution in [0.2, 0.25) is 0 Å². The van der Waals surface area contributed by atoms with Crippen molar-refractivity contribution in [2.24, 2.45) is 0 Å². The first-order valence-electron chi connectivity index (χ1n) is 12.9. The minimum Gasteiger partial charge on any atom is -0.497 e. The molecule has 208 valence electrons. The molecule has 8 heteroatoms. The van der Waals surface area contributed by atoms with Gasteiger partial charge in [-0.15, -0.1) is 11.8 Å². The van der Waals surface area contributed by atoms with Gasteiger partial charge in [0.1, 0.15) is 11.4 Å². The molecule has 7 nitrogen and oxygen atoms in total. The molecule has 0 spiro atoms. The van der Waals surface area contributed by atoms with E-state index < -0.39 is 11.8 Å². The number of carbonyl (C=O) groups is 3. The topological polar surface area (TPSA) is 96.5 Å². The number of hydrogen-bond acceptors (Lipinski definition) is 5. The van der Waals surface area contributed by atoms with Gasteiger partial charge in [0.05, 0.1) is 12.9 Å². The second-order valence-electron chi connectivity index (χ2n) is 9.27. The highest BCUT2D eigenvalue weighted by atomic mass is 32.2. The zero-order chi connectivity index (χ0) is 29.2. The summed E-state index contributed by atoms with van der Waals surface area (Å²) in [5, 5.41) is 8.52. The van der Waals surface area contributed by atoms with Gasteiger partial charge in [-0.2, -0.15) is 0 Å². The number of rotatable bonds is 10. The van der Waals surface area contributed by atoms with Gasteiger partial charge in [-0.1, -0.05) is 42.5 Å². The molecule has 0 aliphatic heterocycles. The van der Waals surface area contributed by atoms with Crippen molar-refractivity contribution >= 4 is 46.9 Å². The van der Waals surface area contributed by atoms with E-state index in [1.54, 1.807) is 79.9 Å². The Morgan fingerprint density at radius 1 is 0.780 bits per heavy atom. The van der Waals surface area contributed by atoms with Crippen LogP contribution in [-0.4, -0.2) is 30.6 Å². The van der Waals surface area contributed by atoms with Crippen molar-refractivity contribution in [1.82, 2.24) is 5.32 Å². The Morgan fingerprint density at radius 2 is 1.51 bits per heavy atom. The molecule has 4 rings (SSSR count). The summed E-state index contributed by atoms with van der Waals surface area (Å²) in [4.78, 5) is 39.6. The number of nitrogens with one attached hydrogen (secondary N) is 3. The van der Waals surface area contributed by atoms with Crippen molar-refractivity contribution in [3.63, 3.8) is 0 Å². The lowest BCUT2D eigenvalue weighted by atomic mass is 10.1. The fourth-order valence-corrected chi connectivity index (χ4v) is 4.59. The van der Waals surface area contributed by atoms with Crippen molar-refractivity contribution in [2.75, 3.05) is 23.5 Å². The Kier molecular flexibility index (Phi) is 9.96. The van der Waals surface area contributed by atoms with E-state index in [0.29, 0.717) is 22.6 Å². The largest absolute Gasteiger partial charge is 0.497 e. The van der Waals surface area contributed by atoms with Crippen LogP contribution in [0.5, 0.6) is 5.75 Å². The summed E-state index contributed by atoms with van der Waals surface area (Å²) < 4.78 is 5.21. The van der Waals surface area contributed by atoms with Gasteiger partial charge >= 0.3 is 0 Å². The highest BCUT2D eigenvalue weighted by Crippen LogP contribution is 2.23. The van der Waals surface area contributed by atoms with Crippen molar-refractivity contribution < 1.29 is 19.1 Å². The molecule has 0 aliphatic rings. The van der Waals surface area contributed by atoms with Gasteiger partial charge in [-0.3, -0.25) is 14.4 Å². The van der Waals surface area contributed by atoms with Crippen LogP contribution in [0, 0.1) is 13.8 Å². The fourth-order valence-electron chi connectivity index (χ4n) is 3.84. The van der Waals surface area contributed by atoms with E-state index >= 15 is 0 Å². The van der Waals surface area contributed by atoms with E-state index in [1.807, 2.05) is 44.2 Å². The predicted octanol–water partition coefficient (Wildman–Crippen LogP) is 6.45.